The molecular formula is C27H25F4N5O4. The summed E-state index contributed by atoms with van der Waals surface area (Å²) >= 11 is 0. The molecule has 4 aromatic rings. The number of benzene rings is 2. The second-order valence-electron chi connectivity index (χ2n) is 8.73. The highest BCUT2D eigenvalue weighted by atomic mass is 19.3. The van der Waals surface area contributed by atoms with Gasteiger partial charge >= 0.3 is 6.61 Å². The number of anilines is 1. The summed E-state index contributed by atoms with van der Waals surface area (Å²) in [5.74, 6) is -1.65. The molecule has 0 bridgehead atoms. The van der Waals surface area contributed by atoms with Gasteiger partial charge < -0.3 is 19.7 Å². The third-order valence-electron chi connectivity index (χ3n) is 6.27. The van der Waals surface area contributed by atoms with Crippen LogP contribution >= 0.6 is 0 Å². The van der Waals surface area contributed by atoms with Crippen LogP contribution in [-0.2, 0) is 4.79 Å². The summed E-state index contributed by atoms with van der Waals surface area (Å²) in [5, 5.41) is 10.5. The molecule has 1 saturated heterocycles. The van der Waals surface area contributed by atoms with Crippen LogP contribution in [0.3, 0.4) is 0 Å². The fourth-order valence-corrected chi connectivity index (χ4v) is 4.36. The number of carbonyl (C=O) groups is 2. The summed E-state index contributed by atoms with van der Waals surface area (Å²) in [6.07, 6.45) is 1.82. The van der Waals surface area contributed by atoms with Gasteiger partial charge in [-0.15, -0.1) is 10.2 Å². The predicted molar refractivity (Wildman–Crippen MR) is 137 cm³/mol. The Bertz CT molecular complexity index is 1500. The molecule has 1 unspecified atom stereocenters. The number of fused-ring (bicyclic) bond motifs is 1. The molecule has 40 heavy (non-hydrogen) atoms. The molecule has 1 N–H and O–H groups in total. The number of rotatable bonds is 6. The Morgan fingerprint density at radius 3 is 2.35 bits per heavy atom. The molecule has 210 valence electrons. The zero-order chi connectivity index (χ0) is 29.0. The SMILES string of the molecule is CNC(=O)c1ccc(OC(F)F)cc1.COc1cc(F)c(C2CC(=O)N(c3cccn4c(C)nnc34)C2)c(F)c1. The van der Waals surface area contributed by atoms with Crippen molar-refractivity contribution in [3.63, 3.8) is 0 Å². The van der Waals surface area contributed by atoms with Crippen molar-refractivity contribution in [3.05, 3.63) is 83.3 Å². The lowest BCUT2D eigenvalue weighted by Crippen LogP contribution is -2.25. The van der Waals surface area contributed by atoms with E-state index in [1.54, 1.807) is 29.7 Å². The molecule has 1 atom stereocenters. The average molecular weight is 560 g/mol. The van der Waals surface area contributed by atoms with E-state index in [9.17, 15) is 27.2 Å². The number of hydrogen-bond donors (Lipinski definition) is 1. The number of nitrogens with one attached hydrogen (secondary N) is 1. The second kappa shape index (κ2) is 12.0. The van der Waals surface area contributed by atoms with Crippen LogP contribution in [0.25, 0.3) is 5.65 Å². The molecule has 2 amide bonds. The van der Waals surface area contributed by atoms with Crippen molar-refractivity contribution in [1.29, 1.82) is 0 Å². The van der Waals surface area contributed by atoms with Crippen molar-refractivity contribution < 1.29 is 36.6 Å². The average Bonchev–Trinajstić information content (AvgIpc) is 3.50. The summed E-state index contributed by atoms with van der Waals surface area (Å²) in [4.78, 5) is 25.1. The van der Waals surface area contributed by atoms with E-state index in [1.165, 1.54) is 43.3 Å². The topological polar surface area (TPSA) is 98.1 Å². The zero-order valence-electron chi connectivity index (χ0n) is 21.7. The summed E-state index contributed by atoms with van der Waals surface area (Å²) in [7, 11) is 2.84. The number of alkyl halides is 2. The van der Waals surface area contributed by atoms with Gasteiger partial charge in [0, 0.05) is 55.4 Å². The lowest BCUT2D eigenvalue weighted by molar-refractivity contribution is -0.117. The van der Waals surface area contributed by atoms with Gasteiger partial charge in [-0.1, -0.05) is 0 Å². The van der Waals surface area contributed by atoms with Crippen molar-refractivity contribution in [3.8, 4) is 11.5 Å². The highest BCUT2D eigenvalue weighted by Crippen LogP contribution is 2.36. The molecule has 0 aliphatic carbocycles. The van der Waals surface area contributed by atoms with Crippen molar-refractivity contribution in [1.82, 2.24) is 19.9 Å². The Morgan fingerprint density at radius 2 is 1.75 bits per heavy atom. The van der Waals surface area contributed by atoms with Gasteiger partial charge in [0.05, 0.1) is 12.8 Å². The lowest BCUT2D eigenvalue weighted by Gasteiger charge is -2.18. The van der Waals surface area contributed by atoms with Crippen LogP contribution in [-0.4, -0.2) is 53.7 Å². The highest BCUT2D eigenvalue weighted by molar-refractivity contribution is 5.99. The first-order valence-corrected chi connectivity index (χ1v) is 12.0. The van der Waals surface area contributed by atoms with Crippen molar-refractivity contribution >= 4 is 23.1 Å². The van der Waals surface area contributed by atoms with E-state index >= 15 is 0 Å². The Balaban J connectivity index is 0.000000224. The van der Waals surface area contributed by atoms with E-state index in [0.717, 1.165) is 12.1 Å². The van der Waals surface area contributed by atoms with Crippen molar-refractivity contribution in [2.45, 2.75) is 25.9 Å². The molecule has 0 radical (unpaired) electrons. The number of halogens is 4. The number of pyridine rings is 1. The van der Waals surface area contributed by atoms with Crippen LogP contribution < -0.4 is 19.7 Å². The highest BCUT2D eigenvalue weighted by Gasteiger charge is 2.36. The van der Waals surface area contributed by atoms with Gasteiger partial charge in [0.1, 0.15) is 29.0 Å². The van der Waals surface area contributed by atoms with Crippen LogP contribution in [0.4, 0.5) is 23.2 Å². The maximum Gasteiger partial charge on any atom is 0.387 e. The minimum Gasteiger partial charge on any atom is -0.497 e. The van der Waals surface area contributed by atoms with E-state index in [0.29, 0.717) is 22.7 Å². The van der Waals surface area contributed by atoms with Crippen LogP contribution in [0.15, 0.2) is 54.7 Å². The van der Waals surface area contributed by atoms with Crippen LogP contribution in [0.2, 0.25) is 0 Å². The number of carbonyl (C=O) groups excluding carboxylic acids is 2. The molecule has 2 aromatic carbocycles. The van der Waals surface area contributed by atoms with E-state index < -0.39 is 24.2 Å². The number of aryl methyl sites for hydroxylation is 1. The molecular weight excluding hydrogens is 534 g/mol. The van der Waals surface area contributed by atoms with Gasteiger partial charge in [-0.3, -0.25) is 14.0 Å². The molecule has 13 heteroatoms. The molecule has 0 spiro atoms. The molecule has 0 saturated carbocycles. The normalized spacial score (nSPS) is 14.8. The number of methoxy groups -OCH3 is 1. The molecule has 5 rings (SSSR count). The quantitative estimate of drug-likeness (QED) is 0.350. The predicted octanol–water partition coefficient (Wildman–Crippen LogP) is 4.49. The summed E-state index contributed by atoms with van der Waals surface area (Å²) in [6.45, 7) is -0.869. The molecule has 9 nitrogen and oxygen atoms in total. The number of nitrogens with zero attached hydrogens (tertiary/aromatic N) is 4. The van der Waals surface area contributed by atoms with E-state index in [2.05, 4.69) is 20.3 Å². The van der Waals surface area contributed by atoms with Crippen molar-refractivity contribution in [2.75, 3.05) is 25.6 Å². The molecule has 3 heterocycles. The largest absolute Gasteiger partial charge is 0.497 e. The number of hydrogen-bond acceptors (Lipinski definition) is 6. The molecule has 1 aliphatic rings. The first-order chi connectivity index (χ1) is 19.1. The maximum atomic E-state index is 14.4. The Hall–Kier alpha value is -4.68. The fraction of sp³-hybridized carbons (Fsp3) is 0.259. The lowest BCUT2D eigenvalue weighted by atomic mass is 9.97. The summed E-state index contributed by atoms with van der Waals surface area (Å²) < 4.78 is 63.0. The standard InChI is InChI=1S/C18H16F2N4O2.C9H9F2NO2/c1-10-21-22-18-15(4-3-5-23(10)18)24-9-11(6-16(24)25)17-13(19)7-12(26-2)8-14(17)20;1-12-8(13)6-2-4-7(5-3-6)14-9(10)11/h3-5,7-8,11H,6,9H2,1-2H3;2-5,9H,1H3,(H,12,13). The van der Waals surface area contributed by atoms with E-state index in [-0.39, 0.29) is 41.8 Å². The molecule has 2 aromatic heterocycles. The van der Waals surface area contributed by atoms with Crippen LogP contribution in [0.1, 0.15) is 34.1 Å². The number of aromatic nitrogens is 3. The van der Waals surface area contributed by atoms with Gasteiger partial charge in [-0.05, 0) is 43.3 Å². The van der Waals surface area contributed by atoms with Gasteiger partial charge in [0.25, 0.3) is 5.91 Å². The smallest absolute Gasteiger partial charge is 0.387 e. The van der Waals surface area contributed by atoms with Gasteiger partial charge in [-0.25, -0.2) is 8.78 Å². The third kappa shape index (κ3) is 5.98. The Labute approximate surface area is 226 Å². The van der Waals surface area contributed by atoms with Crippen molar-refractivity contribution in [2.24, 2.45) is 0 Å². The molecule has 1 aliphatic heterocycles. The fourth-order valence-electron chi connectivity index (χ4n) is 4.36. The number of amides is 2. The van der Waals surface area contributed by atoms with Crippen LogP contribution in [0, 0.1) is 18.6 Å². The van der Waals surface area contributed by atoms with Gasteiger partial charge in [0.15, 0.2) is 5.65 Å². The third-order valence-corrected chi connectivity index (χ3v) is 6.27. The first kappa shape index (κ1) is 28.3. The van der Waals surface area contributed by atoms with Crippen LogP contribution in [0.5, 0.6) is 11.5 Å². The molecule has 1 fully saturated rings. The summed E-state index contributed by atoms with van der Waals surface area (Å²) in [6, 6.07) is 11.3. The zero-order valence-corrected chi connectivity index (χ0v) is 21.7. The monoisotopic (exact) mass is 559 g/mol. The first-order valence-electron chi connectivity index (χ1n) is 12.0. The summed E-state index contributed by atoms with van der Waals surface area (Å²) in [5.41, 5.74) is 1.42. The van der Waals surface area contributed by atoms with Gasteiger partial charge in [0.2, 0.25) is 5.91 Å². The Kier molecular flexibility index (Phi) is 8.51. The number of ether oxygens (including phenoxy) is 2. The second-order valence-corrected chi connectivity index (χ2v) is 8.73. The Morgan fingerprint density at radius 1 is 1.07 bits per heavy atom. The minimum atomic E-state index is -2.85. The van der Waals surface area contributed by atoms with Gasteiger partial charge in [-0.2, -0.15) is 8.78 Å². The van der Waals surface area contributed by atoms with E-state index in [4.69, 9.17) is 4.74 Å². The van der Waals surface area contributed by atoms with E-state index in [1.807, 2.05) is 0 Å². The maximum absolute atomic E-state index is 14.4. The minimum absolute atomic E-state index is 0.0222.